The van der Waals surface area contributed by atoms with Gasteiger partial charge in [-0.15, -0.1) is 12.4 Å². The monoisotopic (exact) mass is 328 g/mol. The minimum Gasteiger partial charge on any atom is -0.355 e. The van der Waals surface area contributed by atoms with Crippen LogP contribution in [-0.4, -0.2) is 51.4 Å². The van der Waals surface area contributed by atoms with Gasteiger partial charge in [-0.2, -0.15) is 12.7 Å². The molecule has 1 amide bonds. The van der Waals surface area contributed by atoms with E-state index in [9.17, 15) is 13.2 Å². The number of hydrogen-bond donors (Lipinski definition) is 3. The van der Waals surface area contributed by atoms with Crippen LogP contribution in [0.2, 0.25) is 0 Å². The SMILES string of the molecule is CCCNCCNC(=O)C1CCN(S(N)(=O)=O)CC1.Cl. The molecule has 0 bridgehead atoms. The highest BCUT2D eigenvalue weighted by Crippen LogP contribution is 2.18. The van der Waals surface area contributed by atoms with Gasteiger partial charge in [-0.1, -0.05) is 6.92 Å². The molecule has 20 heavy (non-hydrogen) atoms. The van der Waals surface area contributed by atoms with E-state index in [2.05, 4.69) is 17.6 Å². The van der Waals surface area contributed by atoms with Crippen molar-refractivity contribution in [2.24, 2.45) is 11.1 Å². The van der Waals surface area contributed by atoms with Crippen LogP contribution in [0.4, 0.5) is 0 Å². The van der Waals surface area contributed by atoms with E-state index >= 15 is 0 Å². The van der Waals surface area contributed by atoms with Crippen LogP contribution < -0.4 is 15.8 Å². The second-order valence-electron chi connectivity index (χ2n) is 4.76. The Bertz CT molecular complexity index is 383. The molecule has 9 heteroatoms. The van der Waals surface area contributed by atoms with Crippen LogP contribution >= 0.6 is 12.4 Å². The molecule has 0 spiro atoms. The maximum Gasteiger partial charge on any atom is 0.276 e. The van der Waals surface area contributed by atoms with E-state index < -0.39 is 10.2 Å². The first-order chi connectivity index (χ1) is 8.95. The summed E-state index contributed by atoms with van der Waals surface area (Å²) in [5, 5.41) is 11.1. The Kier molecular flexibility index (Phi) is 9.32. The molecule has 0 aromatic rings. The van der Waals surface area contributed by atoms with Gasteiger partial charge in [0.15, 0.2) is 0 Å². The quantitative estimate of drug-likeness (QED) is 0.545. The molecule has 0 atom stereocenters. The van der Waals surface area contributed by atoms with Crippen molar-refractivity contribution in [1.29, 1.82) is 0 Å². The number of nitrogens with two attached hydrogens (primary N) is 1. The molecular formula is C11H25ClN4O3S. The summed E-state index contributed by atoms with van der Waals surface area (Å²) >= 11 is 0. The van der Waals surface area contributed by atoms with Crippen LogP contribution in [0.1, 0.15) is 26.2 Å². The molecule has 0 aromatic heterocycles. The Morgan fingerprint density at radius 2 is 1.85 bits per heavy atom. The summed E-state index contributed by atoms with van der Waals surface area (Å²) in [6, 6.07) is 0. The largest absolute Gasteiger partial charge is 0.355 e. The van der Waals surface area contributed by atoms with Crippen molar-refractivity contribution < 1.29 is 13.2 Å². The Labute approximate surface area is 127 Å². The van der Waals surface area contributed by atoms with E-state index in [0.717, 1.165) is 19.5 Å². The molecule has 1 aliphatic heterocycles. The van der Waals surface area contributed by atoms with E-state index in [0.29, 0.717) is 32.5 Å². The van der Waals surface area contributed by atoms with Gasteiger partial charge in [0.2, 0.25) is 5.91 Å². The summed E-state index contributed by atoms with van der Waals surface area (Å²) in [7, 11) is -3.61. The summed E-state index contributed by atoms with van der Waals surface area (Å²) < 4.78 is 23.5. The summed E-state index contributed by atoms with van der Waals surface area (Å²) in [6.45, 7) is 5.05. The zero-order chi connectivity index (χ0) is 14.3. The summed E-state index contributed by atoms with van der Waals surface area (Å²) in [6.07, 6.45) is 2.13. The van der Waals surface area contributed by atoms with Gasteiger partial charge < -0.3 is 10.6 Å². The third-order valence-electron chi connectivity index (χ3n) is 3.21. The zero-order valence-corrected chi connectivity index (χ0v) is 13.4. The first-order valence-electron chi connectivity index (χ1n) is 6.71. The molecular weight excluding hydrogens is 304 g/mol. The Balaban J connectivity index is 0.00000361. The van der Waals surface area contributed by atoms with Gasteiger partial charge in [0, 0.05) is 32.1 Å². The predicted octanol–water partition coefficient (Wildman–Crippen LogP) is -0.560. The third kappa shape index (κ3) is 6.85. The maximum absolute atomic E-state index is 11.8. The topological polar surface area (TPSA) is 105 Å². The second kappa shape index (κ2) is 9.51. The van der Waals surface area contributed by atoms with Gasteiger partial charge >= 0.3 is 0 Å². The minimum atomic E-state index is -3.61. The number of carbonyl (C=O) groups excluding carboxylic acids is 1. The van der Waals surface area contributed by atoms with Gasteiger partial charge in [0.1, 0.15) is 0 Å². The fourth-order valence-corrected chi connectivity index (χ4v) is 2.81. The number of nitrogens with one attached hydrogen (secondary N) is 2. The molecule has 0 aliphatic carbocycles. The van der Waals surface area contributed by atoms with Gasteiger partial charge in [-0.05, 0) is 25.8 Å². The highest BCUT2D eigenvalue weighted by Gasteiger charge is 2.28. The second-order valence-corrected chi connectivity index (χ2v) is 6.31. The zero-order valence-electron chi connectivity index (χ0n) is 11.8. The van der Waals surface area contributed by atoms with Crippen LogP contribution in [0.25, 0.3) is 0 Å². The average Bonchev–Trinajstić information content (AvgIpc) is 2.37. The Hall–Kier alpha value is -0.410. The van der Waals surface area contributed by atoms with Gasteiger partial charge in [-0.25, -0.2) is 5.14 Å². The summed E-state index contributed by atoms with van der Waals surface area (Å²) in [5.74, 6) is -0.100. The van der Waals surface area contributed by atoms with Crippen molar-refractivity contribution in [2.45, 2.75) is 26.2 Å². The molecule has 1 rings (SSSR count). The lowest BCUT2D eigenvalue weighted by Crippen LogP contribution is -2.46. The Morgan fingerprint density at radius 3 is 2.35 bits per heavy atom. The van der Waals surface area contributed by atoms with Crippen molar-refractivity contribution >= 4 is 28.5 Å². The Morgan fingerprint density at radius 1 is 1.25 bits per heavy atom. The number of hydrogen-bond acceptors (Lipinski definition) is 4. The van der Waals surface area contributed by atoms with Crippen LogP contribution in [0, 0.1) is 5.92 Å². The number of nitrogens with zero attached hydrogens (tertiary/aromatic N) is 1. The van der Waals surface area contributed by atoms with E-state index in [1.54, 1.807) is 0 Å². The van der Waals surface area contributed by atoms with E-state index in [-0.39, 0.29) is 24.2 Å². The standard InChI is InChI=1S/C11H24N4O3S.ClH/c1-2-5-13-6-7-14-11(16)10-3-8-15(9-4-10)19(12,17)18;/h10,13H,2-9H2,1H3,(H,14,16)(H2,12,17,18);1H. The molecule has 1 aliphatic rings. The molecule has 0 saturated carbocycles. The molecule has 1 saturated heterocycles. The number of rotatable bonds is 7. The average molecular weight is 329 g/mol. The van der Waals surface area contributed by atoms with Crippen molar-refractivity contribution in [2.75, 3.05) is 32.7 Å². The lowest BCUT2D eigenvalue weighted by Gasteiger charge is -2.29. The normalized spacial score (nSPS) is 17.5. The number of halogens is 1. The molecule has 1 fully saturated rings. The van der Waals surface area contributed by atoms with Crippen LogP contribution in [0.15, 0.2) is 0 Å². The number of carbonyl (C=O) groups is 1. The van der Waals surface area contributed by atoms with E-state index in [4.69, 9.17) is 5.14 Å². The van der Waals surface area contributed by atoms with Crippen LogP contribution in [-0.2, 0) is 15.0 Å². The smallest absolute Gasteiger partial charge is 0.276 e. The van der Waals surface area contributed by atoms with Crippen LogP contribution in [0.5, 0.6) is 0 Å². The highest BCUT2D eigenvalue weighted by atomic mass is 35.5. The molecule has 7 nitrogen and oxygen atoms in total. The molecule has 0 unspecified atom stereocenters. The molecule has 0 aromatic carbocycles. The lowest BCUT2D eigenvalue weighted by atomic mass is 9.97. The number of piperidine rings is 1. The van der Waals surface area contributed by atoms with Gasteiger partial charge in [0.25, 0.3) is 10.2 Å². The number of amides is 1. The lowest BCUT2D eigenvalue weighted by molar-refractivity contribution is -0.126. The van der Waals surface area contributed by atoms with Crippen molar-refractivity contribution in [3.8, 4) is 0 Å². The van der Waals surface area contributed by atoms with Crippen LogP contribution in [0.3, 0.4) is 0 Å². The molecule has 1 heterocycles. The van der Waals surface area contributed by atoms with Crippen molar-refractivity contribution in [1.82, 2.24) is 14.9 Å². The van der Waals surface area contributed by atoms with Crippen molar-refractivity contribution in [3.63, 3.8) is 0 Å². The summed E-state index contributed by atoms with van der Waals surface area (Å²) in [5.41, 5.74) is 0. The molecule has 4 N–H and O–H groups in total. The first kappa shape index (κ1) is 19.6. The molecule has 0 radical (unpaired) electrons. The maximum atomic E-state index is 11.8. The third-order valence-corrected chi connectivity index (χ3v) is 4.30. The van der Waals surface area contributed by atoms with Gasteiger partial charge in [-0.3, -0.25) is 4.79 Å². The van der Waals surface area contributed by atoms with E-state index in [1.807, 2.05) is 0 Å². The predicted molar refractivity (Wildman–Crippen MR) is 80.8 cm³/mol. The van der Waals surface area contributed by atoms with Gasteiger partial charge in [0.05, 0.1) is 0 Å². The fourth-order valence-electron chi connectivity index (χ4n) is 2.09. The van der Waals surface area contributed by atoms with Crippen molar-refractivity contribution in [3.05, 3.63) is 0 Å². The summed E-state index contributed by atoms with van der Waals surface area (Å²) in [4.78, 5) is 11.8. The minimum absolute atomic E-state index is 0. The fraction of sp³-hybridized carbons (Fsp3) is 0.909. The van der Waals surface area contributed by atoms with E-state index in [1.165, 1.54) is 4.31 Å². The first-order valence-corrected chi connectivity index (χ1v) is 8.21. The highest BCUT2D eigenvalue weighted by molar-refractivity contribution is 7.86. The molecule has 120 valence electrons.